The van der Waals surface area contributed by atoms with Gasteiger partial charge in [-0.15, -0.1) is 34.2 Å². The van der Waals surface area contributed by atoms with Crippen LogP contribution in [-0.2, 0) is 24.4 Å². The van der Waals surface area contributed by atoms with E-state index in [1.807, 2.05) is 17.6 Å². The molecule has 0 radical (unpaired) electrons. The van der Waals surface area contributed by atoms with Crippen LogP contribution in [0.3, 0.4) is 0 Å². The largest absolute Gasteiger partial charge is 0.491 e. The molecule has 1 aromatic heterocycles. The van der Waals surface area contributed by atoms with Gasteiger partial charge in [0, 0.05) is 32.3 Å². The number of halogens is 1. The predicted octanol–water partition coefficient (Wildman–Crippen LogP) is 2.50. The number of hydrogen-bond donors (Lipinski definition) is 2. The molecule has 0 unspecified atom stereocenters. The molecule has 0 atom stereocenters. The summed E-state index contributed by atoms with van der Waals surface area (Å²) >= 11 is 0. The Kier molecular flexibility index (Phi) is 11.5. The smallest absolute Gasteiger partial charge is 0.191 e. The zero-order chi connectivity index (χ0) is 19.5. The van der Waals surface area contributed by atoms with E-state index in [-0.39, 0.29) is 24.0 Å². The minimum atomic E-state index is 0. The van der Waals surface area contributed by atoms with E-state index in [0.29, 0.717) is 38.9 Å². The van der Waals surface area contributed by atoms with Crippen molar-refractivity contribution in [3.05, 3.63) is 41.5 Å². The van der Waals surface area contributed by atoms with Crippen molar-refractivity contribution < 1.29 is 9.47 Å². The normalized spacial score (nSPS) is 11.1. The molecule has 0 bridgehead atoms. The van der Waals surface area contributed by atoms with Crippen LogP contribution in [0.1, 0.15) is 30.8 Å². The van der Waals surface area contributed by atoms with Gasteiger partial charge in [-0.3, -0.25) is 4.99 Å². The molecule has 1 aromatic carbocycles. The number of nitrogens with one attached hydrogen (secondary N) is 2. The van der Waals surface area contributed by atoms with Crippen LogP contribution in [0, 0.1) is 6.92 Å². The fraction of sp³-hybridized carbons (Fsp3) is 0.526. The lowest BCUT2D eigenvalue weighted by Crippen LogP contribution is -2.37. The molecule has 0 saturated heterocycles. The molecule has 1 heterocycles. The van der Waals surface area contributed by atoms with Crippen LogP contribution in [0.5, 0.6) is 5.75 Å². The Hall–Kier alpha value is -1.88. The molecule has 2 N–H and O–H groups in total. The summed E-state index contributed by atoms with van der Waals surface area (Å²) < 4.78 is 13.2. The SMILES string of the molecule is CCOCCOc1cc(C)ccc1CNC(=NC)NCc1nncn1CC.I. The first-order chi connectivity index (χ1) is 13.2. The topological polar surface area (TPSA) is 85.6 Å². The van der Waals surface area contributed by atoms with Gasteiger partial charge in [0.05, 0.1) is 13.2 Å². The summed E-state index contributed by atoms with van der Waals surface area (Å²) in [5.41, 5.74) is 2.23. The number of benzene rings is 1. The minimum absolute atomic E-state index is 0. The van der Waals surface area contributed by atoms with Crippen molar-refractivity contribution >= 4 is 29.9 Å². The molecular formula is C19H31IN6O2. The Labute approximate surface area is 184 Å². The predicted molar refractivity (Wildman–Crippen MR) is 121 cm³/mol. The Bertz CT molecular complexity index is 735. The standard InChI is InChI=1S/C19H30N6O2.HI/c1-5-25-14-23-24-18(25)13-22-19(20-4)21-12-16-8-7-15(3)11-17(16)27-10-9-26-6-2;/h7-8,11,14H,5-6,9-10,12-13H2,1-4H3,(H2,20,21,22);1H. The molecule has 2 aromatic rings. The number of aryl methyl sites for hydroxylation is 2. The van der Waals surface area contributed by atoms with Gasteiger partial charge in [-0.1, -0.05) is 12.1 Å². The number of hydrogen-bond acceptors (Lipinski definition) is 5. The van der Waals surface area contributed by atoms with Gasteiger partial charge in [0.2, 0.25) is 0 Å². The fourth-order valence-electron chi connectivity index (χ4n) is 2.54. The average molecular weight is 502 g/mol. The number of guanidine groups is 1. The lowest BCUT2D eigenvalue weighted by Gasteiger charge is -2.15. The molecule has 0 aliphatic rings. The third kappa shape index (κ3) is 7.63. The van der Waals surface area contributed by atoms with Crippen molar-refractivity contribution in [2.24, 2.45) is 4.99 Å². The van der Waals surface area contributed by atoms with Crippen molar-refractivity contribution in [2.75, 3.05) is 26.9 Å². The van der Waals surface area contributed by atoms with E-state index in [0.717, 1.165) is 29.2 Å². The number of aliphatic imine (C=N–C) groups is 1. The Balaban J connectivity index is 0.00000392. The lowest BCUT2D eigenvalue weighted by atomic mass is 10.1. The van der Waals surface area contributed by atoms with Gasteiger partial charge in [-0.05, 0) is 32.4 Å². The minimum Gasteiger partial charge on any atom is -0.491 e. The average Bonchev–Trinajstić information content (AvgIpc) is 3.14. The van der Waals surface area contributed by atoms with Crippen molar-refractivity contribution in [2.45, 2.75) is 40.4 Å². The second-order valence-electron chi connectivity index (χ2n) is 5.97. The first-order valence-corrected chi connectivity index (χ1v) is 9.29. The van der Waals surface area contributed by atoms with Crippen LogP contribution >= 0.6 is 24.0 Å². The molecule has 2 rings (SSSR count). The third-order valence-corrected chi connectivity index (χ3v) is 4.03. The van der Waals surface area contributed by atoms with Crippen molar-refractivity contribution in [1.82, 2.24) is 25.4 Å². The van der Waals surface area contributed by atoms with Gasteiger partial charge >= 0.3 is 0 Å². The Morgan fingerprint density at radius 1 is 1.18 bits per heavy atom. The van der Waals surface area contributed by atoms with E-state index in [9.17, 15) is 0 Å². The van der Waals surface area contributed by atoms with Crippen LogP contribution in [-0.4, -0.2) is 47.6 Å². The van der Waals surface area contributed by atoms with Crippen molar-refractivity contribution in [3.8, 4) is 5.75 Å². The summed E-state index contributed by atoms with van der Waals surface area (Å²) in [4.78, 5) is 4.27. The Morgan fingerprint density at radius 2 is 1.96 bits per heavy atom. The Morgan fingerprint density at radius 3 is 2.68 bits per heavy atom. The molecule has 9 heteroatoms. The van der Waals surface area contributed by atoms with E-state index in [1.54, 1.807) is 13.4 Å². The van der Waals surface area contributed by atoms with Crippen molar-refractivity contribution in [1.29, 1.82) is 0 Å². The van der Waals surface area contributed by atoms with E-state index >= 15 is 0 Å². The highest BCUT2D eigenvalue weighted by molar-refractivity contribution is 14.0. The van der Waals surface area contributed by atoms with E-state index in [2.05, 4.69) is 51.8 Å². The van der Waals surface area contributed by atoms with Gasteiger partial charge in [0.1, 0.15) is 18.7 Å². The molecule has 0 fully saturated rings. The fourth-order valence-corrected chi connectivity index (χ4v) is 2.54. The van der Waals surface area contributed by atoms with Gasteiger partial charge in [-0.25, -0.2) is 0 Å². The van der Waals surface area contributed by atoms with Gasteiger partial charge in [0.15, 0.2) is 11.8 Å². The number of aromatic nitrogens is 3. The summed E-state index contributed by atoms with van der Waals surface area (Å²) in [6.45, 7) is 9.89. The van der Waals surface area contributed by atoms with Crippen LogP contribution in [0.25, 0.3) is 0 Å². The molecule has 156 valence electrons. The van der Waals surface area contributed by atoms with Crippen LogP contribution in [0.2, 0.25) is 0 Å². The monoisotopic (exact) mass is 502 g/mol. The molecule has 0 aliphatic carbocycles. The summed E-state index contributed by atoms with van der Waals surface area (Å²) in [7, 11) is 1.74. The first kappa shape index (κ1) is 24.2. The molecule has 0 amide bonds. The third-order valence-electron chi connectivity index (χ3n) is 4.03. The molecule has 0 aliphatic heterocycles. The van der Waals surface area contributed by atoms with Gasteiger partial charge in [-0.2, -0.15) is 0 Å². The number of nitrogens with zero attached hydrogens (tertiary/aromatic N) is 4. The second-order valence-corrected chi connectivity index (χ2v) is 5.97. The maximum atomic E-state index is 5.89. The molecule has 28 heavy (non-hydrogen) atoms. The van der Waals surface area contributed by atoms with Crippen LogP contribution in [0.4, 0.5) is 0 Å². The number of ether oxygens (including phenoxy) is 2. The van der Waals surface area contributed by atoms with E-state index in [1.165, 1.54) is 0 Å². The van der Waals surface area contributed by atoms with Gasteiger partial charge < -0.3 is 24.7 Å². The maximum Gasteiger partial charge on any atom is 0.191 e. The summed E-state index contributed by atoms with van der Waals surface area (Å²) in [6, 6.07) is 6.19. The second kappa shape index (κ2) is 13.3. The zero-order valence-corrected chi connectivity index (χ0v) is 19.4. The lowest BCUT2D eigenvalue weighted by molar-refractivity contribution is 0.110. The molecule has 0 saturated carbocycles. The quantitative estimate of drug-likeness (QED) is 0.225. The zero-order valence-electron chi connectivity index (χ0n) is 17.1. The van der Waals surface area contributed by atoms with Crippen LogP contribution in [0.15, 0.2) is 29.5 Å². The number of rotatable bonds is 10. The van der Waals surface area contributed by atoms with E-state index < -0.39 is 0 Å². The highest BCUT2D eigenvalue weighted by atomic mass is 127. The van der Waals surface area contributed by atoms with Crippen molar-refractivity contribution in [3.63, 3.8) is 0 Å². The summed E-state index contributed by atoms with van der Waals surface area (Å²) in [6.07, 6.45) is 1.73. The molecule has 0 spiro atoms. The highest BCUT2D eigenvalue weighted by Gasteiger charge is 2.08. The molecule has 8 nitrogen and oxygen atoms in total. The van der Waals surface area contributed by atoms with E-state index in [4.69, 9.17) is 9.47 Å². The maximum absolute atomic E-state index is 5.89. The first-order valence-electron chi connectivity index (χ1n) is 9.29. The molecular weight excluding hydrogens is 471 g/mol. The summed E-state index contributed by atoms with van der Waals surface area (Å²) in [5.74, 6) is 2.43. The highest BCUT2D eigenvalue weighted by Crippen LogP contribution is 2.20. The van der Waals surface area contributed by atoms with Gasteiger partial charge in [0.25, 0.3) is 0 Å². The van der Waals surface area contributed by atoms with Crippen LogP contribution < -0.4 is 15.4 Å². The summed E-state index contributed by atoms with van der Waals surface area (Å²) in [5, 5.41) is 14.6.